The highest BCUT2D eigenvalue weighted by Gasteiger charge is 2.24. The molecule has 0 aliphatic heterocycles. The SMILES string of the molecule is CCCCC/C=C\C/C=C\C/C=C\C/C=C\CCCC(CC(=O)NC(CO)C(O)CCCCCCCCCCCCCCCC)OC(=O)CCCCCCCCCCCCCCCCC. The van der Waals surface area contributed by atoms with Crippen LogP contribution in [0, 0.1) is 0 Å². The van der Waals surface area contributed by atoms with E-state index < -0.39 is 18.2 Å². The van der Waals surface area contributed by atoms with Crippen LogP contribution in [-0.2, 0) is 14.3 Å². The van der Waals surface area contributed by atoms with Crippen molar-refractivity contribution in [3.63, 3.8) is 0 Å². The zero-order chi connectivity index (χ0) is 47.4. The third-order valence-corrected chi connectivity index (χ3v) is 12.9. The van der Waals surface area contributed by atoms with Crippen molar-refractivity contribution in [1.82, 2.24) is 5.32 Å². The fraction of sp³-hybridized carbons (Fsp3) is 0.831. The molecule has 0 fully saturated rings. The lowest BCUT2D eigenvalue weighted by atomic mass is 10.0. The standard InChI is InChI=1S/C59H109NO5/c1-4-7-10-13-16-19-22-25-28-29-31-32-35-38-41-44-47-50-55(65-59(64)52-49-46-43-40-37-34-30-26-23-20-17-14-11-8-5-2)53-58(63)60-56(54-61)57(62)51-48-45-42-39-36-33-27-24-21-18-15-12-9-6-3/h16,19,25,28,31-32,38,41,55-57,61-62H,4-15,17-18,20-24,26-27,29-30,33-37,39-40,42-54H2,1-3H3,(H,60,63)/b19-16-,28-25-,32-31-,41-38-. The first-order valence-corrected chi connectivity index (χ1v) is 28.4. The van der Waals surface area contributed by atoms with Crippen LogP contribution in [0.3, 0.4) is 0 Å². The van der Waals surface area contributed by atoms with Gasteiger partial charge >= 0.3 is 5.97 Å². The average molecular weight is 913 g/mol. The molecule has 0 spiro atoms. The van der Waals surface area contributed by atoms with E-state index in [0.717, 1.165) is 70.6 Å². The number of amides is 1. The summed E-state index contributed by atoms with van der Waals surface area (Å²) in [7, 11) is 0. The third-order valence-electron chi connectivity index (χ3n) is 12.9. The molecule has 0 saturated heterocycles. The minimum atomic E-state index is -0.801. The van der Waals surface area contributed by atoms with Gasteiger partial charge < -0.3 is 20.3 Å². The number of carbonyl (C=O) groups excluding carboxylic acids is 2. The minimum absolute atomic E-state index is 0.0429. The molecule has 0 bridgehead atoms. The highest BCUT2D eigenvalue weighted by molar-refractivity contribution is 5.77. The average Bonchev–Trinajstić information content (AvgIpc) is 3.30. The number of hydrogen-bond donors (Lipinski definition) is 3. The van der Waals surface area contributed by atoms with Gasteiger partial charge in [0, 0.05) is 6.42 Å². The molecule has 0 radical (unpaired) electrons. The molecule has 6 nitrogen and oxygen atoms in total. The van der Waals surface area contributed by atoms with E-state index in [2.05, 4.69) is 74.7 Å². The molecule has 0 aromatic rings. The van der Waals surface area contributed by atoms with Crippen LogP contribution >= 0.6 is 0 Å². The Morgan fingerprint density at radius 2 is 0.800 bits per heavy atom. The van der Waals surface area contributed by atoms with Crippen molar-refractivity contribution in [2.24, 2.45) is 0 Å². The first-order chi connectivity index (χ1) is 32.0. The fourth-order valence-electron chi connectivity index (χ4n) is 8.60. The second-order valence-electron chi connectivity index (χ2n) is 19.3. The lowest BCUT2D eigenvalue weighted by molar-refractivity contribution is -0.151. The molecule has 0 aliphatic carbocycles. The van der Waals surface area contributed by atoms with Crippen LogP contribution in [0.15, 0.2) is 48.6 Å². The van der Waals surface area contributed by atoms with Crippen molar-refractivity contribution >= 4 is 11.9 Å². The Morgan fingerprint density at radius 3 is 1.22 bits per heavy atom. The number of rotatable bonds is 51. The summed E-state index contributed by atoms with van der Waals surface area (Å²) >= 11 is 0. The lowest BCUT2D eigenvalue weighted by Gasteiger charge is -2.24. The molecule has 0 aliphatic rings. The van der Waals surface area contributed by atoms with E-state index in [4.69, 9.17) is 4.74 Å². The van der Waals surface area contributed by atoms with Gasteiger partial charge in [-0.1, -0.05) is 262 Å². The molecule has 0 saturated carbocycles. The van der Waals surface area contributed by atoms with E-state index in [1.165, 1.54) is 173 Å². The second-order valence-corrected chi connectivity index (χ2v) is 19.3. The van der Waals surface area contributed by atoms with Crippen LogP contribution in [-0.4, -0.2) is 46.9 Å². The first kappa shape index (κ1) is 62.8. The Labute approximate surface area is 404 Å². The Hall–Kier alpha value is -2.18. The van der Waals surface area contributed by atoms with Crippen LogP contribution in [0.5, 0.6) is 0 Å². The molecule has 3 N–H and O–H groups in total. The molecule has 0 aromatic carbocycles. The molecule has 0 heterocycles. The summed E-state index contributed by atoms with van der Waals surface area (Å²) < 4.78 is 5.93. The van der Waals surface area contributed by atoms with Gasteiger partial charge in [0.2, 0.25) is 5.91 Å². The number of hydrogen-bond acceptors (Lipinski definition) is 5. The van der Waals surface area contributed by atoms with E-state index >= 15 is 0 Å². The number of esters is 1. The lowest BCUT2D eigenvalue weighted by Crippen LogP contribution is -2.46. The van der Waals surface area contributed by atoms with Crippen molar-refractivity contribution in [1.29, 1.82) is 0 Å². The Balaban J connectivity index is 4.65. The summed E-state index contributed by atoms with van der Waals surface area (Å²) in [5.74, 6) is -0.515. The van der Waals surface area contributed by atoms with E-state index in [-0.39, 0.29) is 24.9 Å². The highest BCUT2D eigenvalue weighted by atomic mass is 16.5. The Bertz CT molecular complexity index is 1110. The summed E-state index contributed by atoms with van der Waals surface area (Å²) in [6, 6.07) is -0.718. The maximum absolute atomic E-state index is 13.2. The number of unbranched alkanes of at least 4 members (excludes halogenated alkanes) is 31. The smallest absolute Gasteiger partial charge is 0.306 e. The maximum Gasteiger partial charge on any atom is 0.306 e. The number of carbonyl (C=O) groups is 2. The highest BCUT2D eigenvalue weighted by Crippen LogP contribution is 2.18. The molecular formula is C59H109NO5. The van der Waals surface area contributed by atoms with Gasteiger partial charge in [-0.05, 0) is 64.2 Å². The summed E-state index contributed by atoms with van der Waals surface area (Å²) in [6.07, 6.45) is 64.6. The first-order valence-electron chi connectivity index (χ1n) is 28.4. The van der Waals surface area contributed by atoms with Crippen LogP contribution in [0.4, 0.5) is 0 Å². The molecule has 65 heavy (non-hydrogen) atoms. The normalized spacial score (nSPS) is 13.5. The predicted octanol–water partition coefficient (Wildman–Crippen LogP) is 17.4. The topological polar surface area (TPSA) is 95.9 Å². The molecule has 0 rings (SSSR count). The number of allylic oxidation sites excluding steroid dienone is 8. The second kappa shape index (κ2) is 52.8. The molecule has 3 unspecified atom stereocenters. The Kier molecular flexibility index (Phi) is 51.0. The van der Waals surface area contributed by atoms with Gasteiger partial charge in [0.25, 0.3) is 0 Å². The van der Waals surface area contributed by atoms with Crippen LogP contribution in [0.1, 0.15) is 290 Å². The summed E-state index contributed by atoms with van der Waals surface area (Å²) in [4.78, 5) is 26.2. The van der Waals surface area contributed by atoms with Crippen LogP contribution in [0.2, 0.25) is 0 Å². The molecule has 3 atom stereocenters. The fourth-order valence-corrected chi connectivity index (χ4v) is 8.60. The molecule has 0 aromatic heterocycles. The molecule has 380 valence electrons. The number of aliphatic hydroxyl groups excluding tert-OH is 2. The summed E-state index contributed by atoms with van der Waals surface area (Å²) in [5.41, 5.74) is 0. The Morgan fingerprint density at radius 1 is 0.446 bits per heavy atom. The third kappa shape index (κ3) is 48.1. The maximum atomic E-state index is 13.2. The van der Waals surface area contributed by atoms with E-state index in [1.807, 2.05) is 0 Å². The van der Waals surface area contributed by atoms with E-state index in [1.54, 1.807) is 0 Å². The van der Waals surface area contributed by atoms with Gasteiger partial charge in [0.15, 0.2) is 0 Å². The van der Waals surface area contributed by atoms with Gasteiger partial charge in [-0.3, -0.25) is 9.59 Å². The molecule has 6 heteroatoms. The number of ether oxygens (including phenoxy) is 1. The van der Waals surface area contributed by atoms with Crippen molar-refractivity contribution in [3.05, 3.63) is 48.6 Å². The van der Waals surface area contributed by atoms with Crippen molar-refractivity contribution in [2.45, 2.75) is 309 Å². The van der Waals surface area contributed by atoms with Crippen molar-refractivity contribution in [2.75, 3.05) is 6.61 Å². The van der Waals surface area contributed by atoms with Crippen molar-refractivity contribution < 1.29 is 24.5 Å². The van der Waals surface area contributed by atoms with Gasteiger partial charge in [-0.15, -0.1) is 0 Å². The molecule has 1 amide bonds. The van der Waals surface area contributed by atoms with Crippen molar-refractivity contribution in [3.8, 4) is 0 Å². The van der Waals surface area contributed by atoms with E-state index in [9.17, 15) is 19.8 Å². The van der Waals surface area contributed by atoms with Gasteiger partial charge in [0.1, 0.15) is 6.10 Å². The minimum Gasteiger partial charge on any atom is -0.462 e. The number of nitrogens with one attached hydrogen (secondary N) is 1. The van der Waals surface area contributed by atoms with Crippen LogP contribution in [0.25, 0.3) is 0 Å². The van der Waals surface area contributed by atoms with E-state index in [0.29, 0.717) is 19.3 Å². The van der Waals surface area contributed by atoms with Gasteiger partial charge in [0.05, 0.1) is 25.2 Å². The van der Waals surface area contributed by atoms with Crippen LogP contribution < -0.4 is 5.32 Å². The summed E-state index contributed by atoms with van der Waals surface area (Å²) in [6.45, 7) is 6.47. The predicted molar refractivity (Wildman–Crippen MR) is 282 cm³/mol. The zero-order valence-corrected chi connectivity index (χ0v) is 43.4. The zero-order valence-electron chi connectivity index (χ0n) is 43.4. The molecular weight excluding hydrogens is 803 g/mol. The largest absolute Gasteiger partial charge is 0.462 e. The quantitative estimate of drug-likeness (QED) is 0.0321. The monoisotopic (exact) mass is 912 g/mol. The van der Waals surface area contributed by atoms with Gasteiger partial charge in [-0.25, -0.2) is 0 Å². The number of aliphatic hydroxyl groups is 2. The summed E-state index contributed by atoms with van der Waals surface area (Å²) in [5, 5.41) is 23.8. The van der Waals surface area contributed by atoms with Gasteiger partial charge in [-0.2, -0.15) is 0 Å².